The van der Waals surface area contributed by atoms with Gasteiger partial charge in [0, 0.05) is 16.6 Å². The molecule has 3 heteroatoms. The van der Waals surface area contributed by atoms with Gasteiger partial charge in [-0.25, -0.2) is 0 Å². The van der Waals surface area contributed by atoms with Crippen LogP contribution in [-0.2, 0) is 6.42 Å². The van der Waals surface area contributed by atoms with E-state index in [1.807, 2.05) is 31.1 Å². The van der Waals surface area contributed by atoms with Crippen LogP contribution in [-0.4, -0.2) is 19.0 Å². The van der Waals surface area contributed by atoms with Crippen LogP contribution in [0.2, 0.25) is 10.0 Å². The van der Waals surface area contributed by atoms with Gasteiger partial charge >= 0.3 is 0 Å². The Morgan fingerprint density at radius 2 is 2.00 bits per heavy atom. The Labute approximate surface area is 89.3 Å². The van der Waals surface area contributed by atoms with Crippen LogP contribution in [0, 0.1) is 6.54 Å². The summed E-state index contributed by atoms with van der Waals surface area (Å²) in [7, 11) is 3.98. The summed E-state index contributed by atoms with van der Waals surface area (Å²) < 4.78 is 0. The minimum atomic E-state index is 0.679. The molecule has 0 amide bonds. The van der Waals surface area contributed by atoms with Gasteiger partial charge in [0.2, 0.25) is 0 Å². The Balaban J connectivity index is 2.67. The first kappa shape index (κ1) is 10.8. The van der Waals surface area contributed by atoms with E-state index in [0.717, 1.165) is 17.0 Å². The van der Waals surface area contributed by atoms with E-state index in [9.17, 15) is 0 Å². The van der Waals surface area contributed by atoms with E-state index in [-0.39, 0.29) is 0 Å². The fourth-order valence-corrected chi connectivity index (χ4v) is 1.45. The highest BCUT2D eigenvalue weighted by Gasteiger charge is 2.01. The van der Waals surface area contributed by atoms with Gasteiger partial charge in [0.15, 0.2) is 0 Å². The van der Waals surface area contributed by atoms with Crippen molar-refractivity contribution in [3.8, 4) is 0 Å². The van der Waals surface area contributed by atoms with Crippen LogP contribution in [0.4, 0.5) is 0 Å². The number of likely N-dealkylation sites (N-methyl/N-ethyl adjacent to an activating group) is 1. The average Bonchev–Trinajstić information content (AvgIpc) is 2.02. The molecule has 0 atom stereocenters. The number of benzene rings is 1. The van der Waals surface area contributed by atoms with E-state index in [0.29, 0.717) is 5.02 Å². The van der Waals surface area contributed by atoms with Crippen molar-refractivity contribution in [1.82, 2.24) is 4.90 Å². The van der Waals surface area contributed by atoms with Crippen molar-refractivity contribution in [1.29, 1.82) is 0 Å². The minimum absolute atomic E-state index is 0.679. The van der Waals surface area contributed by atoms with Gasteiger partial charge < -0.3 is 4.90 Å². The van der Waals surface area contributed by atoms with Gasteiger partial charge in [-0.1, -0.05) is 29.3 Å². The maximum absolute atomic E-state index is 5.99. The van der Waals surface area contributed by atoms with Gasteiger partial charge in [0.1, 0.15) is 0 Å². The van der Waals surface area contributed by atoms with E-state index >= 15 is 0 Å². The minimum Gasteiger partial charge on any atom is -0.305 e. The lowest BCUT2D eigenvalue weighted by molar-refractivity contribution is 0.488. The quantitative estimate of drug-likeness (QED) is 0.751. The second-order valence-corrected chi connectivity index (χ2v) is 3.93. The molecule has 0 N–H and O–H groups in total. The molecule has 0 aliphatic heterocycles. The molecular formula is C10H12Cl2N. The zero-order valence-electron chi connectivity index (χ0n) is 7.72. The van der Waals surface area contributed by atoms with Crippen LogP contribution in [0.15, 0.2) is 18.2 Å². The first-order valence-electron chi connectivity index (χ1n) is 4.03. The molecule has 1 aromatic carbocycles. The first-order chi connectivity index (χ1) is 6.09. The van der Waals surface area contributed by atoms with Crippen LogP contribution in [0.3, 0.4) is 0 Å². The third-order valence-electron chi connectivity index (χ3n) is 1.69. The lowest BCUT2D eigenvalue weighted by atomic mass is 10.1. The first-order valence-corrected chi connectivity index (χ1v) is 4.79. The summed E-state index contributed by atoms with van der Waals surface area (Å²) in [6.07, 6.45) is 0.836. The normalized spacial score (nSPS) is 10.8. The van der Waals surface area contributed by atoms with Crippen molar-refractivity contribution < 1.29 is 0 Å². The third kappa shape index (κ3) is 3.55. The highest BCUT2D eigenvalue weighted by Crippen LogP contribution is 2.21. The molecule has 1 aromatic rings. The Kier molecular flexibility index (Phi) is 4.04. The van der Waals surface area contributed by atoms with Gasteiger partial charge in [-0.3, -0.25) is 0 Å². The maximum Gasteiger partial charge on any atom is 0.0453 e. The summed E-state index contributed by atoms with van der Waals surface area (Å²) in [5.74, 6) is 0. The molecule has 1 rings (SSSR count). The Bertz CT molecular complexity index is 284. The molecule has 0 saturated carbocycles. The topological polar surface area (TPSA) is 3.24 Å². The summed E-state index contributed by atoms with van der Waals surface area (Å²) in [6.45, 7) is 2.06. The number of nitrogens with zero attached hydrogens (tertiary/aromatic N) is 1. The Morgan fingerprint density at radius 3 is 2.54 bits per heavy atom. The van der Waals surface area contributed by atoms with E-state index < -0.39 is 0 Å². The van der Waals surface area contributed by atoms with Crippen molar-refractivity contribution >= 4 is 23.2 Å². The van der Waals surface area contributed by atoms with Crippen molar-refractivity contribution in [2.24, 2.45) is 0 Å². The lowest BCUT2D eigenvalue weighted by Gasteiger charge is -2.09. The van der Waals surface area contributed by atoms with Gasteiger partial charge in [-0.05, 0) is 38.2 Å². The standard InChI is InChI=1S/C10H12Cl2N/c1-13(2)6-5-8-3-4-9(11)7-10(8)12/h3-4,6-7H,5H2,1-2H3. The molecule has 13 heavy (non-hydrogen) atoms. The molecule has 1 nitrogen and oxygen atoms in total. The van der Waals surface area contributed by atoms with Crippen LogP contribution >= 0.6 is 23.2 Å². The fourth-order valence-electron chi connectivity index (χ4n) is 0.968. The number of halogens is 2. The van der Waals surface area contributed by atoms with Crippen molar-refractivity contribution in [3.63, 3.8) is 0 Å². The predicted molar refractivity (Wildman–Crippen MR) is 58.2 cm³/mol. The largest absolute Gasteiger partial charge is 0.305 e. The Morgan fingerprint density at radius 1 is 1.31 bits per heavy atom. The van der Waals surface area contributed by atoms with Crippen LogP contribution in [0.1, 0.15) is 5.56 Å². The molecule has 0 fully saturated rings. The molecular weight excluding hydrogens is 205 g/mol. The average molecular weight is 217 g/mol. The van der Waals surface area contributed by atoms with Crippen LogP contribution < -0.4 is 0 Å². The fraction of sp³-hybridized carbons (Fsp3) is 0.300. The summed E-state index contributed by atoms with van der Waals surface area (Å²) in [5, 5.41) is 1.41. The molecule has 0 spiro atoms. The zero-order chi connectivity index (χ0) is 9.84. The van der Waals surface area contributed by atoms with Gasteiger partial charge in [-0.15, -0.1) is 0 Å². The van der Waals surface area contributed by atoms with Gasteiger partial charge in [0.25, 0.3) is 0 Å². The predicted octanol–water partition coefficient (Wildman–Crippen LogP) is 3.26. The number of hydrogen-bond donors (Lipinski definition) is 0. The van der Waals surface area contributed by atoms with Crippen molar-refractivity contribution in [3.05, 3.63) is 40.4 Å². The summed E-state index contributed by atoms with van der Waals surface area (Å²) in [4.78, 5) is 2.00. The monoisotopic (exact) mass is 216 g/mol. The summed E-state index contributed by atoms with van der Waals surface area (Å²) in [6, 6.07) is 5.57. The highest BCUT2D eigenvalue weighted by atomic mass is 35.5. The van der Waals surface area contributed by atoms with Gasteiger partial charge in [-0.2, -0.15) is 0 Å². The molecule has 0 aliphatic carbocycles. The molecule has 0 aromatic heterocycles. The number of hydrogen-bond acceptors (Lipinski definition) is 1. The molecule has 0 aliphatic rings. The van der Waals surface area contributed by atoms with E-state index in [1.54, 1.807) is 6.07 Å². The molecule has 0 unspecified atom stereocenters. The second kappa shape index (κ2) is 4.85. The van der Waals surface area contributed by atoms with E-state index in [2.05, 4.69) is 6.54 Å². The smallest absolute Gasteiger partial charge is 0.0453 e. The zero-order valence-corrected chi connectivity index (χ0v) is 9.23. The van der Waals surface area contributed by atoms with Crippen LogP contribution in [0.25, 0.3) is 0 Å². The van der Waals surface area contributed by atoms with E-state index in [4.69, 9.17) is 23.2 Å². The maximum atomic E-state index is 5.99. The highest BCUT2D eigenvalue weighted by molar-refractivity contribution is 6.35. The molecule has 71 valence electrons. The SMILES string of the molecule is CN(C)[CH]Cc1ccc(Cl)cc1Cl. The molecule has 0 heterocycles. The molecule has 1 radical (unpaired) electrons. The third-order valence-corrected chi connectivity index (χ3v) is 2.28. The summed E-state index contributed by atoms with van der Waals surface area (Å²) in [5.41, 5.74) is 1.10. The molecule has 0 bridgehead atoms. The Hall–Kier alpha value is -0.240. The van der Waals surface area contributed by atoms with Crippen LogP contribution in [0.5, 0.6) is 0 Å². The van der Waals surface area contributed by atoms with Gasteiger partial charge in [0.05, 0.1) is 0 Å². The second-order valence-electron chi connectivity index (χ2n) is 3.09. The number of rotatable bonds is 3. The van der Waals surface area contributed by atoms with Crippen molar-refractivity contribution in [2.45, 2.75) is 6.42 Å². The van der Waals surface area contributed by atoms with Crippen molar-refractivity contribution in [2.75, 3.05) is 14.1 Å². The summed E-state index contributed by atoms with van der Waals surface area (Å²) >= 11 is 11.8. The van der Waals surface area contributed by atoms with E-state index in [1.165, 1.54) is 0 Å². The molecule has 0 saturated heterocycles. The lowest BCUT2D eigenvalue weighted by Crippen LogP contribution is -2.09.